The average molecular weight is 291 g/mol. The van der Waals surface area contributed by atoms with Crippen molar-refractivity contribution in [3.63, 3.8) is 0 Å². The largest absolute Gasteiger partial charge is 0.399 e. The number of aryl methyl sites for hydroxylation is 2. The molecule has 5 nitrogen and oxygen atoms in total. The number of hydrogen-bond acceptors (Lipinski definition) is 5. The minimum absolute atomic E-state index is 0.537. The normalized spacial score (nSPS) is 10.5. The molecular weight excluding hydrogens is 274 g/mol. The highest BCUT2D eigenvalue weighted by atomic mass is 15.1. The molecule has 110 valence electrons. The first-order valence-corrected chi connectivity index (χ1v) is 7.00. The van der Waals surface area contributed by atoms with Gasteiger partial charge in [0, 0.05) is 35.5 Å². The van der Waals surface area contributed by atoms with Gasteiger partial charge in [-0.15, -0.1) is 0 Å². The number of nitrogens with zero attached hydrogens (tertiary/aromatic N) is 3. The number of nitrogen functional groups attached to an aromatic ring is 1. The van der Waals surface area contributed by atoms with Crippen LogP contribution in [0.25, 0.3) is 11.3 Å². The summed E-state index contributed by atoms with van der Waals surface area (Å²) in [5.41, 5.74) is 11.5. The summed E-state index contributed by atoms with van der Waals surface area (Å²) in [6, 6.07) is 9.55. The Morgan fingerprint density at radius 1 is 1.00 bits per heavy atom. The number of pyridine rings is 1. The van der Waals surface area contributed by atoms with Crippen molar-refractivity contribution in [2.24, 2.45) is 0 Å². The zero-order valence-electron chi connectivity index (χ0n) is 12.5. The number of aromatic nitrogens is 3. The lowest BCUT2D eigenvalue weighted by molar-refractivity contribution is 1.15. The summed E-state index contributed by atoms with van der Waals surface area (Å²) in [7, 11) is 0. The van der Waals surface area contributed by atoms with Crippen molar-refractivity contribution in [3.05, 3.63) is 60.0 Å². The van der Waals surface area contributed by atoms with E-state index in [2.05, 4.69) is 20.3 Å². The van der Waals surface area contributed by atoms with E-state index in [1.807, 2.05) is 50.4 Å². The second kappa shape index (κ2) is 5.81. The van der Waals surface area contributed by atoms with E-state index >= 15 is 0 Å². The highest BCUT2D eigenvalue weighted by Crippen LogP contribution is 2.24. The van der Waals surface area contributed by atoms with Gasteiger partial charge in [-0.25, -0.2) is 9.97 Å². The maximum absolute atomic E-state index is 5.83. The molecule has 0 unspecified atom stereocenters. The van der Waals surface area contributed by atoms with Gasteiger partial charge in [0.25, 0.3) is 0 Å². The molecule has 2 aromatic heterocycles. The Labute approximate surface area is 129 Å². The fourth-order valence-electron chi connectivity index (χ4n) is 2.20. The standard InChI is InChI=1S/C17H17N5/c1-11-5-7-19-10-14(11)15-6-8-20-17(21-15)22-16-9-13(18)4-3-12(16)2/h3-10H,18H2,1-2H3,(H,20,21,22). The number of hydrogen-bond donors (Lipinski definition) is 2. The van der Waals surface area contributed by atoms with Crippen LogP contribution in [0.4, 0.5) is 17.3 Å². The fraction of sp³-hybridized carbons (Fsp3) is 0.118. The molecule has 0 aliphatic rings. The van der Waals surface area contributed by atoms with Crippen molar-refractivity contribution < 1.29 is 0 Å². The molecule has 0 saturated carbocycles. The van der Waals surface area contributed by atoms with Crippen LogP contribution in [-0.2, 0) is 0 Å². The van der Waals surface area contributed by atoms with Gasteiger partial charge in [0.1, 0.15) is 0 Å². The lowest BCUT2D eigenvalue weighted by Gasteiger charge is -2.10. The lowest BCUT2D eigenvalue weighted by atomic mass is 10.1. The fourth-order valence-corrected chi connectivity index (χ4v) is 2.20. The Hall–Kier alpha value is -2.95. The van der Waals surface area contributed by atoms with Crippen LogP contribution in [-0.4, -0.2) is 15.0 Å². The van der Waals surface area contributed by atoms with Gasteiger partial charge in [-0.2, -0.15) is 0 Å². The Bertz CT molecular complexity index is 814. The monoisotopic (exact) mass is 291 g/mol. The van der Waals surface area contributed by atoms with Crippen molar-refractivity contribution in [3.8, 4) is 11.3 Å². The van der Waals surface area contributed by atoms with Crippen LogP contribution in [0.15, 0.2) is 48.9 Å². The van der Waals surface area contributed by atoms with Crippen LogP contribution in [0.2, 0.25) is 0 Å². The Balaban J connectivity index is 1.95. The Morgan fingerprint density at radius 3 is 2.68 bits per heavy atom. The van der Waals surface area contributed by atoms with Gasteiger partial charge in [-0.05, 0) is 49.2 Å². The van der Waals surface area contributed by atoms with E-state index in [1.165, 1.54) is 0 Å². The SMILES string of the molecule is Cc1ccc(N)cc1Nc1nccc(-c2cnccc2C)n1. The van der Waals surface area contributed by atoms with Gasteiger partial charge < -0.3 is 11.1 Å². The minimum Gasteiger partial charge on any atom is -0.399 e. The zero-order valence-corrected chi connectivity index (χ0v) is 12.5. The van der Waals surface area contributed by atoms with E-state index in [0.717, 1.165) is 28.1 Å². The molecule has 0 saturated heterocycles. The second-order valence-electron chi connectivity index (χ2n) is 5.16. The molecule has 0 aliphatic heterocycles. The van der Waals surface area contributed by atoms with Gasteiger partial charge in [-0.3, -0.25) is 4.98 Å². The third kappa shape index (κ3) is 2.88. The summed E-state index contributed by atoms with van der Waals surface area (Å²) in [5.74, 6) is 0.537. The molecule has 0 radical (unpaired) electrons. The first-order chi connectivity index (χ1) is 10.6. The number of anilines is 3. The zero-order chi connectivity index (χ0) is 15.5. The predicted molar refractivity (Wildman–Crippen MR) is 88.9 cm³/mol. The molecule has 3 N–H and O–H groups in total. The van der Waals surface area contributed by atoms with Crippen LogP contribution in [0.3, 0.4) is 0 Å². The van der Waals surface area contributed by atoms with Crippen molar-refractivity contribution in [2.75, 3.05) is 11.1 Å². The van der Waals surface area contributed by atoms with E-state index in [9.17, 15) is 0 Å². The summed E-state index contributed by atoms with van der Waals surface area (Å²) in [6.07, 6.45) is 5.32. The highest BCUT2D eigenvalue weighted by molar-refractivity contribution is 5.67. The molecule has 0 aliphatic carbocycles. The summed E-state index contributed by atoms with van der Waals surface area (Å²) in [5, 5.41) is 3.22. The van der Waals surface area contributed by atoms with E-state index < -0.39 is 0 Å². The van der Waals surface area contributed by atoms with Crippen molar-refractivity contribution in [1.29, 1.82) is 0 Å². The Morgan fingerprint density at radius 2 is 1.86 bits per heavy atom. The molecule has 3 aromatic rings. The summed E-state index contributed by atoms with van der Waals surface area (Å²) >= 11 is 0. The van der Waals surface area contributed by atoms with Crippen LogP contribution >= 0.6 is 0 Å². The lowest BCUT2D eigenvalue weighted by Crippen LogP contribution is -2.00. The first kappa shape index (κ1) is 14.0. The summed E-state index contributed by atoms with van der Waals surface area (Å²) in [6.45, 7) is 4.05. The summed E-state index contributed by atoms with van der Waals surface area (Å²) < 4.78 is 0. The molecule has 2 heterocycles. The highest BCUT2D eigenvalue weighted by Gasteiger charge is 2.07. The smallest absolute Gasteiger partial charge is 0.227 e. The molecule has 0 amide bonds. The Kier molecular flexibility index (Phi) is 3.70. The third-order valence-electron chi connectivity index (χ3n) is 3.48. The molecule has 1 aromatic carbocycles. The second-order valence-corrected chi connectivity index (χ2v) is 5.16. The van der Waals surface area contributed by atoms with E-state index in [4.69, 9.17) is 5.73 Å². The van der Waals surface area contributed by atoms with Crippen LogP contribution in [0.5, 0.6) is 0 Å². The topological polar surface area (TPSA) is 76.7 Å². The van der Waals surface area contributed by atoms with Crippen molar-refractivity contribution in [1.82, 2.24) is 15.0 Å². The van der Waals surface area contributed by atoms with E-state index in [1.54, 1.807) is 12.4 Å². The molecule has 0 atom stereocenters. The van der Waals surface area contributed by atoms with E-state index in [-0.39, 0.29) is 0 Å². The molecule has 5 heteroatoms. The quantitative estimate of drug-likeness (QED) is 0.722. The molecule has 0 bridgehead atoms. The van der Waals surface area contributed by atoms with Gasteiger partial charge in [0.2, 0.25) is 5.95 Å². The van der Waals surface area contributed by atoms with Gasteiger partial charge in [0.05, 0.1) is 5.69 Å². The van der Waals surface area contributed by atoms with Crippen LogP contribution in [0, 0.1) is 13.8 Å². The van der Waals surface area contributed by atoms with Crippen molar-refractivity contribution in [2.45, 2.75) is 13.8 Å². The number of benzene rings is 1. The van der Waals surface area contributed by atoms with Crippen LogP contribution in [0.1, 0.15) is 11.1 Å². The number of nitrogens with one attached hydrogen (secondary N) is 1. The van der Waals surface area contributed by atoms with E-state index in [0.29, 0.717) is 11.6 Å². The average Bonchev–Trinajstić information content (AvgIpc) is 2.52. The number of nitrogens with two attached hydrogens (primary N) is 1. The molecule has 0 fully saturated rings. The predicted octanol–water partition coefficient (Wildman–Crippen LogP) is 3.48. The van der Waals surface area contributed by atoms with Gasteiger partial charge >= 0.3 is 0 Å². The van der Waals surface area contributed by atoms with Gasteiger partial charge in [0.15, 0.2) is 0 Å². The van der Waals surface area contributed by atoms with Gasteiger partial charge in [-0.1, -0.05) is 6.07 Å². The molecule has 0 spiro atoms. The number of rotatable bonds is 3. The molecule has 22 heavy (non-hydrogen) atoms. The minimum atomic E-state index is 0.537. The first-order valence-electron chi connectivity index (χ1n) is 7.00. The third-order valence-corrected chi connectivity index (χ3v) is 3.48. The molecule has 3 rings (SSSR count). The van der Waals surface area contributed by atoms with Crippen LogP contribution < -0.4 is 11.1 Å². The maximum Gasteiger partial charge on any atom is 0.227 e. The summed E-state index contributed by atoms with van der Waals surface area (Å²) in [4.78, 5) is 13.0. The van der Waals surface area contributed by atoms with Crippen molar-refractivity contribution >= 4 is 17.3 Å². The molecular formula is C17H17N5. The maximum atomic E-state index is 5.83.